The average Bonchev–Trinajstić information content (AvgIpc) is 2.93. The molecule has 39 heavy (non-hydrogen) atoms. The van der Waals surface area contributed by atoms with Crippen LogP contribution in [-0.4, -0.2) is 83.4 Å². The number of rotatable bonds is 11. The first-order valence-electron chi connectivity index (χ1n) is 12.9. The van der Waals surface area contributed by atoms with E-state index in [4.69, 9.17) is 9.47 Å². The van der Waals surface area contributed by atoms with Crippen LogP contribution in [0.5, 0.6) is 11.5 Å². The smallest absolute Gasteiger partial charge is 0.413 e. The Bertz CT molecular complexity index is 1250. The van der Waals surface area contributed by atoms with Gasteiger partial charge in [-0.2, -0.15) is 4.98 Å². The van der Waals surface area contributed by atoms with Gasteiger partial charge in [0.1, 0.15) is 18.2 Å². The maximum Gasteiger partial charge on any atom is 0.413 e. The van der Waals surface area contributed by atoms with Gasteiger partial charge in [-0.1, -0.05) is 12.1 Å². The fourth-order valence-corrected chi connectivity index (χ4v) is 4.37. The number of halogens is 1. The number of anilines is 3. The lowest BCUT2D eigenvalue weighted by Gasteiger charge is -2.36. The molecule has 0 radical (unpaired) electrons. The summed E-state index contributed by atoms with van der Waals surface area (Å²) in [6.07, 6.45) is 0.276. The molecule has 1 aliphatic heterocycles. The Morgan fingerprint density at radius 3 is 2.64 bits per heavy atom. The molecule has 1 fully saturated rings. The first-order chi connectivity index (χ1) is 18.8. The Labute approximate surface area is 228 Å². The molecule has 1 aliphatic rings. The monoisotopic (exact) mass is 538 g/mol. The van der Waals surface area contributed by atoms with Crippen molar-refractivity contribution < 1.29 is 23.8 Å². The minimum absolute atomic E-state index is 0.0665. The van der Waals surface area contributed by atoms with Gasteiger partial charge < -0.3 is 19.9 Å². The Kier molecular flexibility index (Phi) is 9.50. The quantitative estimate of drug-likeness (QED) is 0.366. The van der Waals surface area contributed by atoms with E-state index in [9.17, 15) is 14.3 Å². The van der Waals surface area contributed by atoms with Gasteiger partial charge in [0, 0.05) is 56.7 Å². The van der Waals surface area contributed by atoms with Gasteiger partial charge >= 0.3 is 6.09 Å². The predicted octanol–water partition coefficient (Wildman–Crippen LogP) is 4.46. The molecule has 0 saturated carbocycles. The Hall–Kier alpha value is -3.96. The van der Waals surface area contributed by atoms with Crippen molar-refractivity contribution in [2.75, 3.05) is 56.7 Å². The fourth-order valence-electron chi connectivity index (χ4n) is 4.37. The number of hydrogen-bond donors (Lipinski definition) is 2. The van der Waals surface area contributed by atoms with E-state index in [1.165, 1.54) is 18.3 Å². The summed E-state index contributed by atoms with van der Waals surface area (Å²) in [6.45, 7) is 9.63. The van der Waals surface area contributed by atoms with Crippen molar-refractivity contribution >= 4 is 23.5 Å². The number of hydrogen-bond acceptors (Lipinski definition) is 8. The van der Waals surface area contributed by atoms with Crippen LogP contribution in [0.3, 0.4) is 0 Å². The number of aromatic nitrogens is 2. The van der Waals surface area contributed by atoms with Crippen molar-refractivity contribution in [3.05, 3.63) is 66.1 Å². The molecule has 0 bridgehead atoms. The molecule has 1 aromatic heterocycles. The maximum atomic E-state index is 14.8. The van der Waals surface area contributed by atoms with Gasteiger partial charge in [-0.3, -0.25) is 14.7 Å². The SMILES string of the molecule is COc1cccc(CN(C(=O)O)c2ccnc(Nc3ccc(OCCN4CCN(C(C)C)CC4)c(F)c3)n2)c1. The number of ether oxygens (including phenoxy) is 2. The van der Waals surface area contributed by atoms with Crippen LogP contribution in [0.4, 0.5) is 26.6 Å². The van der Waals surface area contributed by atoms with Crippen LogP contribution in [-0.2, 0) is 6.54 Å². The zero-order valence-electron chi connectivity index (χ0n) is 22.5. The molecule has 1 amide bonds. The molecule has 3 aromatic rings. The average molecular weight is 539 g/mol. The molecule has 0 spiro atoms. The summed E-state index contributed by atoms with van der Waals surface area (Å²) >= 11 is 0. The number of benzene rings is 2. The van der Waals surface area contributed by atoms with Crippen molar-refractivity contribution in [1.29, 1.82) is 0 Å². The van der Waals surface area contributed by atoms with Crippen LogP contribution < -0.4 is 19.7 Å². The molecular weight excluding hydrogens is 503 g/mol. The second-order valence-electron chi connectivity index (χ2n) is 9.55. The molecule has 0 atom stereocenters. The molecule has 1 saturated heterocycles. The van der Waals surface area contributed by atoms with Gasteiger partial charge in [-0.15, -0.1) is 0 Å². The molecule has 10 nitrogen and oxygen atoms in total. The lowest BCUT2D eigenvalue weighted by atomic mass is 10.2. The molecule has 11 heteroatoms. The first-order valence-corrected chi connectivity index (χ1v) is 12.9. The van der Waals surface area contributed by atoms with Crippen molar-refractivity contribution in [2.24, 2.45) is 0 Å². The van der Waals surface area contributed by atoms with E-state index in [-0.39, 0.29) is 24.1 Å². The first kappa shape index (κ1) is 28.1. The van der Waals surface area contributed by atoms with Gasteiger partial charge in [0.25, 0.3) is 0 Å². The number of methoxy groups -OCH3 is 1. The zero-order chi connectivity index (χ0) is 27.8. The third kappa shape index (κ3) is 7.78. The molecule has 2 aromatic carbocycles. The number of piperazine rings is 1. The van der Waals surface area contributed by atoms with E-state index < -0.39 is 11.9 Å². The standard InChI is InChI=1S/C28H35FN6O4/c1-20(2)34-13-11-33(12-14-34)15-16-39-25-8-7-22(18-24(25)29)31-27-30-10-9-26(32-27)35(28(36)37)19-21-5-4-6-23(17-21)38-3/h4-10,17-18,20H,11-16,19H2,1-3H3,(H,36,37)(H,30,31,32). The van der Waals surface area contributed by atoms with Crippen molar-refractivity contribution in [2.45, 2.75) is 26.4 Å². The number of nitrogens with one attached hydrogen (secondary N) is 1. The molecule has 4 rings (SSSR count). The molecule has 0 unspecified atom stereocenters. The van der Waals surface area contributed by atoms with Crippen LogP contribution >= 0.6 is 0 Å². The fraction of sp³-hybridized carbons (Fsp3) is 0.393. The topological polar surface area (TPSA) is 103 Å². The summed E-state index contributed by atoms with van der Waals surface area (Å²) in [5, 5.41) is 12.7. The number of amides is 1. The Morgan fingerprint density at radius 1 is 1.15 bits per heavy atom. The number of nitrogens with zero attached hydrogens (tertiary/aromatic N) is 5. The van der Waals surface area contributed by atoms with E-state index in [1.54, 1.807) is 43.5 Å². The summed E-state index contributed by atoms with van der Waals surface area (Å²) in [6, 6.07) is 13.7. The van der Waals surface area contributed by atoms with Gasteiger partial charge in [0.15, 0.2) is 11.6 Å². The highest BCUT2D eigenvalue weighted by Crippen LogP contribution is 2.24. The van der Waals surface area contributed by atoms with Crippen LogP contribution in [0.25, 0.3) is 0 Å². The molecule has 2 heterocycles. The van der Waals surface area contributed by atoms with Crippen LogP contribution in [0, 0.1) is 5.82 Å². The van der Waals surface area contributed by atoms with Crippen molar-refractivity contribution in [3.63, 3.8) is 0 Å². The second-order valence-corrected chi connectivity index (χ2v) is 9.55. The highest BCUT2D eigenvalue weighted by molar-refractivity contribution is 5.84. The molecule has 2 N–H and O–H groups in total. The summed E-state index contributed by atoms with van der Waals surface area (Å²) in [7, 11) is 1.55. The van der Waals surface area contributed by atoms with E-state index in [1.807, 2.05) is 0 Å². The van der Waals surface area contributed by atoms with E-state index in [0.29, 0.717) is 24.1 Å². The van der Waals surface area contributed by atoms with Crippen molar-refractivity contribution in [1.82, 2.24) is 19.8 Å². The number of carbonyl (C=O) groups is 1. The van der Waals surface area contributed by atoms with Gasteiger partial charge in [0.2, 0.25) is 5.95 Å². The Balaban J connectivity index is 1.34. The van der Waals surface area contributed by atoms with E-state index >= 15 is 0 Å². The minimum atomic E-state index is -1.17. The Morgan fingerprint density at radius 2 is 1.95 bits per heavy atom. The second kappa shape index (κ2) is 13.2. The van der Waals surface area contributed by atoms with E-state index in [0.717, 1.165) is 43.2 Å². The highest BCUT2D eigenvalue weighted by Gasteiger charge is 2.19. The number of carboxylic acid groups (broad SMARTS) is 1. The largest absolute Gasteiger partial charge is 0.497 e. The highest BCUT2D eigenvalue weighted by atomic mass is 19.1. The van der Waals surface area contributed by atoms with Crippen LogP contribution in [0.15, 0.2) is 54.7 Å². The molecule has 0 aliphatic carbocycles. The molecular formula is C28H35FN6O4. The molecule has 208 valence electrons. The lowest BCUT2D eigenvalue weighted by molar-refractivity contribution is 0.0965. The van der Waals surface area contributed by atoms with Gasteiger partial charge in [-0.05, 0) is 49.7 Å². The van der Waals surface area contributed by atoms with Gasteiger partial charge in [-0.25, -0.2) is 14.2 Å². The summed E-state index contributed by atoms with van der Waals surface area (Å²) in [4.78, 5) is 26.3. The minimum Gasteiger partial charge on any atom is -0.497 e. The summed E-state index contributed by atoms with van der Waals surface area (Å²) < 4.78 is 25.7. The summed E-state index contributed by atoms with van der Waals surface area (Å²) in [5.41, 5.74) is 1.15. The predicted molar refractivity (Wildman–Crippen MR) is 148 cm³/mol. The zero-order valence-corrected chi connectivity index (χ0v) is 22.5. The third-order valence-electron chi connectivity index (χ3n) is 6.61. The van der Waals surface area contributed by atoms with Crippen LogP contribution in [0.1, 0.15) is 19.4 Å². The van der Waals surface area contributed by atoms with Gasteiger partial charge in [0.05, 0.1) is 13.7 Å². The lowest BCUT2D eigenvalue weighted by Crippen LogP contribution is -2.49. The normalized spacial score (nSPS) is 14.3. The van der Waals surface area contributed by atoms with E-state index in [2.05, 4.69) is 38.9 Å². The summed E-state index contributed by atoms with van der Waals surface area (Å²) in [5.74, 6) is 0.606. The third-order valence-corrected chi connectivity index (χ3v) is 6.61. The maximum absolute atomic E-state index is 14.8. The van der Waals surface area contributed by atoms with Crippen molar-refractivity contribution in [3.8, 4) is 11.5 Å². The van der Waals surface area contributed by atoms with Crippen LogP contribution in [0.2, 0.25) is 0 Å².